The summed E-state index contributed by atoms with van der Waals surface area (Å²) in [4.78, 5) is 25.4. The van der Waals surface area contributed by atoms with E-state index in [1.165, 1.54) is 25.1 Å². The molecule has 0 bridgehead atoms. The fourth-order valence-corrected chi connectivity index (χ4v) is 6.60. The van der Waals surface area contributed by atoms with Gasteiger partial charge in [0, 0.05) is 18.2 Å². The normalized spacial score (nSPS) is 14.1. The van der Waals surface area contributed by atoms with Gasteiger partial charge in [0.15, 0.2) is 10.7 Å². The molecular weight excluding hydrogens is 594 g/mol. The number of hydrogen-bond acceptors (Lipinski definition) is 10. The third-order valence-electron chi connectivity index (χ3n) is 6.22. The van der Waals surface area contributed by atoms with Crippen molar-refractivity contribution in [3.05, 3.63) is 114 Å². The number of hydrogen-bond donors (Lipinski definition) is 0. The number of fused-ring (bicyclic) bond motifs is 1. The highest BCUT2D eigenvalue weighted by molar-refractivity contribution is 7.96. The van der Waals surface area contributed by atoms with E-state index in [1.807, 2.05) is 19.1 Å². The van der Waals surface area contributed by atoms with Crippen LogP contribution in [0.25, 0.3) is 0 Å². The van der Waals surface area contributed by atoms with E-state index in [1.54, 1.807) is 35.2 Å². The van der Waals surface area contributed by atoms with E-state index < -0.39 is 43.1 Å². The van der Waals surface area contributed by atoms with Crippen LogP contribution in [-0.4, -0.2) is 48.5 Å². The van der Waals surface area contributed by atoms with Gasteiger partial charge in [-0.15, -0.1) is 0 Å². The van der Waals surface area contributed by atoms with Crippen LogP contribution in [0.2, 0.25) is 0 Å². The number of anilines is 1. The van der Waals surface area contributed by atoms with Crippen molar-refractivity contribution in [2.45, 2.75) is 28.5 Å². The van der Waals surface area contributed by atoms with Crippen molar-refractivity contribution >= 4 is 37.3 Å². The first-order valence-corrected chi connectivity index (χ1v) is 16.0. The lowest BCUT2D eigenvalue weighted by molar-refractivity contribution is -0.146. The lowest BCUT2D eigenvalue weighted by Gasteiger charge is -2.15. The number of rotatable bonds is 11. The molecule has 10 nitrogen and oxygen atoms in total. The summed E-state index contributed by atoms with van der Waals surface area (Å²) in [7, 11) is -8.43. The van der Waals surface area contributed by atoms with Gasteiger partial charge in [0.25, 0.3) is 0 Å². The first kappa shape index (κ1) is 31.3. The van der Waals surface area contributed by atoms with Crippen LogP contribution in [0.15, 0.2) is 129 Å². The molecule has 0 N–H and O–H groups in total. The lowest BCUT2D eigenvalue weighted by atomic mass is 10.3. The van der Waals surface area contributed by atoms with Crippen molar-refractivity contribution < 1.29 is 40.6 Å². The lowest BCUT2D eigenvalue weighted by Crippen LogP contribution is -2.21. The summed E-state index contributed by atoms with van der Waals surface area (Å²) >= 11 is 0. The summed E-state index contributed by atoms with van der Waals surface area (Å²) in [5.41, 5.74) is 0.919. The van der Waals surface area contributed by atoms with Crippen LogP contribution in [0.5, 0.6) is 5.75 Å². The Hall–Kier alpha value is -4.68. The Morgan fingerprint density at radius 2 is 1.37 bits per heavy atom. The summed E-state index contributed by atoms with van der Waals surface area (Å²) < 4.78 is 69.3. The maximum absolute atomic E-state index is 13.7. The molecule has 0 atom stereocenters. The standard InChI is InChI=1S/C31H29NO9S2/c1-4-32-26-12-8-9-13-27(26)41-29(32)19-18-28(31(34)40-21-20-39-30(33)22(2)3)43(37,38)25-16-14-24(15-17-25)42(35,36)23-10-6-5-7-11-23/h5-19H,2,4,20-21H2,1,3H3/b28-18-,29-19-. The first-order chi connectivity index (χ1) is 20.5. The molecule has 0 saturated carbocycles. The van der Waals surface area contributed by atoms with E-state index in [4.69, 9.17) is 14.2 Å². The Morgan fingerprint density at radius 1 is 0.814 bits per heavy atom. The molecule has 0 unspecified atom stereocenters. The molecule has 0 saturated heterocycles. The third-order valence-corrected chi connectivity index (χ3v) is 9.78. The van der Waals surface area contributed by atoms with E-state index in [0.29, 0.717) is 12.3 Å². The zero-order valence-corrected chi connectivity index (χ0v) is 25.1. The molecule has 1 heterocycles. The van der Waals surface area contributed by atoms with Crippen molar-refractivity contribution in [3.63, 3.8) is 0 Å². The fourth-order valence-electron chi connectivity index (χ4n) is 4.04. The first-order valence-electron chi connectivity index (χ1n) is 13.1. The Labute approximate surface area is 250 Å². The second-order valence-corrected chi connectivity index (χ2v) is 13.1. The number of sulfone groups is 2. The molecule has 224 valence electrons. The van der Waals surface area contributed by atoms with E-state index in [0.717, 1.165) is 36.0 Å². The molecule has 43 heavy (non-hydrogen) atoms. The minimum Gasteiger partial charge on any atom is -0.459 e. The van der Waals surface area contributed by atoms with Crippen LogP contribution >= 0.6 is 0 Å². The Balaban J connectivity index is 1.66. The third kappa shape index (κ3) is 6.87. The summed E-state index contributed by atoms with van der Waals surface area (Å²) in [5.74, 6) is -1.05. The van der Waals surface area contributed by atoms with Gasteiger partial charge >= 0.3 is 11.9 Å². The van der Waals surface area contributed by atoms with Gasteiger partial charge in [-0.2, -0.15) is 0 Å². The molecule has 3 aromatic rings. The van der Waals surface area contributed by atoms with Gasteiger partial charge in [0.05, 0.1) is 20.4 Å². The zero-order chi connectivity index (χ0) is 31.2. The molecule has 0 aromatic heterocycles. The molecule has 0 aliphatic carbocycles. The zero-order valence-electron chi connectivity index (χ0n) is 23.4. The largest absolute Gasteiger partial charge is 0.459 e. The molecule has 0 fully saturated rings. The minimum atomic E-state index is -4.53. The van der Waals surface area contributed by atoms with Gasteiger partial charge in [-0.05, 0) is 68.5 Å². The molecule has 1 aliphatic rings. The van der Waals surface area contributed by atoms with Crippen molar-refractivity contribution in [1.82, 2.24) is 0 Å². The van der Waals surface area contributed by atoms with Gasteiger partial charge in [0.1, 0.15) is 13.2 Å². The number of nitrogens with zero attached hydrogens (tertiary/aromatic N) is 1. The average Bonchev–Trinajstić information content (AvgIpc) is 3.37. The van der Waals surface area contributed by atoms with E-state index >= 15 is 0 Å². The number of carbonyl (C=O) groups is 2. The van der Waals surface area contributed by atoms with Crippen LogP contribution in [0.4, 0.5) is 5.69 Å². The fraction of sp³-hybridized carbons (Fsp3) is 0.161. The van der Waals surface area contributed by atoms with Gasteiger partial charge in [0.2, 0.25) is 25.6 Å². The van der Waals surface area contributed by atoms with Crippen molar-refractivity contribution in [2.24, 2.45) is 0 Å². The number of para-hydroxylation sites is 2. The highest BCUT2D eigenvalue weighted by Crippen LogP contribution is 2.38. The van der Waals surface area contributed by atoms with E-state index in [9.17, 15) is 26.4 Å². The molecular formula is C31H29NO9S2. The molecule has 0 radical (unpaired) electrons. The molecule has 12 heteroatoms. The SMILES string of the molecule is C=C(C)C(=O)OCCOC(=O)/C(=C/C=C1\Oc2ccccc2N1CC)S(=O)(=O)c1ccc(S(=O)(=O)c2ccccc2)cc1. The number of allylic oxidation sites excluding steroid dienone is 2. The highest BCUT2D eigenvalue weighted by atomic mass is 32.2. The minimum absolute atomic E-state index is 0.0479. The average molecular weight is 624 g/mol. The van der Waals surface area contributed by atoms with Crippen LogP contribution in [0, 0.1) is 0 Å². The quantitative estimate of drug-likeness (QED) is 0.170. The molecule has 0 amide bonds. The van der Waals surface area contributed by atoms with Crippen LogP contribution < -0.4 is 9.64 Å². The molecule has 4 rings (SSSR count). The topological polar surface area (TPSA) is 133 Å². The molecule has 3 aromatic carbocycles. The predicted octanol–water partition coefficient (Wildman–Crippen LogP) is 4.60. The number of esters is 2. The Morgan fingerprint density at radius 3 is 2.00 bits per heavy atom. The summed E-state index contributed by atoms with van der Waals surface area (Å²) in [6.07, 6.45) is 2.41. The van der Waals surface area contributed by atoms with Crippen molar-refractivity contribution in [2.75, 3.05) is 24.7 Å². The van der Waals surface area contributed by atoms with Crippen molar-refractivity contribution in [3.8, 4) is 5.75 Å². The maximum Gasteiger partial charge on any atom is 0.350 e. The van der Waals surface area contributed by atoms with Gasteiger partial charge in [-0.3, -0.25) is 0 Å². The second-order valence-electron chi connectivity index (χ2n) is 9.19. The molecule has 0 spiro atoms. The monoisotopic (exact) mass is 623 g/mol. The van der Waals surface area contributed by atoms with Crippen LogP contribution in [-0.2, 0) is 38.7 Å². The predicted molar refractivity (Wildman–Crippen MR) is 159 cm³/mol. The summed E-state index contributed by atoms with van der Waals surface area (Å²) in [6.45, 7) is 6.55. The van der Waals surface area contributed by atoms with E-state index in [-0.39, 0.29) is 32.7 Å². The van der Waals surface area contributed by atoms with E-state index in [2.05, 4.69) is 6.58 Å². The number of benzene rings is 3. The second kappa shape index (κ2) is 13.1. The number of ether oxygens (including phenoxy) is 3. The van der Waals surface area contributed by atoms with Gasteiger partial charge in [-0.1, -0.05) is 36.9 Å². The number of carbonyl (C=O) groups excluding carboxylic acids is 2. The maximum atomic E-state index is 13.7. The Kier molecular flexibility index (Phi) is 9.52. The summed E-state index contributed by atoms with van der Waals surface area (Å²) in [5, 5.41) is 0. The smallest absolute Gasteiger partial charge is 0.350 e. The summed E-state index contributed by atoms with van der Waals surface area (Å²) in [6, 6.07) is 19.4. The van der Waals surface area contributed by atoms with Crippen molar-refractivity contribution in [1.29, 1.82) is 0 Å². The Bertz CT molecular complexity index is 1810. The van der Waals surface area contributed by atoms with Gasteiger partial charge < -0.3 is 19.1 Å². The highest BCUT2D eigenvalue weighted by Gasteiger charge is 2.30. The van der Waals surface area contributed by atoms with Crippen LogP contribution in [0.1, 0.15) is 13.8 Å². The van der Waals surface area contributed by atoms with Crippen LogP contribution in [0.3, 0.4) is 0 Å². The molecule has 1 aliphatic heterocycles. The van der Waals surface area contributed by atoms with Gasteiger partial charge in [-0.25, -0.2) is 26.4 Å².